The van der Waals surface area contributed by atoms with Crippen LogP contribution in [0.2, 0.25) is 0 Å². The Morgan fingerprint density at radius 1 is 0.811 bits per heavy atom. The van der Waals surface area contributed by atoms with E-state index in [1.807, 2.05) is 30.8 Å². The number of alkyl halides is 1. The van der Waals surface area contributed by atoms with E-state index in [1.165, 1.54) is 12.3 Å². The average molecular weight is 739 g/mol. The van der Waals surface area contributed by atoms with Crippen LogP contribution in [0.15, 0.2) is 44.6 Å². The van der Waals surface area contributed by atoms with Crippen molar-refractivity contribution in [3.8, 4) is 11.5 Å². The number of pyridine rings is 2. The third-order valence-corrected chi connectivity index (χ3v) is 9.83. The van der Waals surface area contributed by atoms with Crippen LogP contribution in [0, 0.1) is 17.5 Å². The molecule has 0 radical (unpaired) electrons. The molecule has 0 unspecified atom stereocenters. The number of rotatable bonds is 8. The lowest BCUT2D eigenvalue weighted by Crippen LogP contribution is -2.45. The minimum Gasteiger partial charge on any atom is -0.403 e. The molecule has 0 spiro atoms. The van der Waals surface area contributed by atoms with Crippen molar-refractivity contribution in [2.45, 2.75) is 20.0 Å². The molecule has 2 fully saturated rings. The van der Waals surface area contributed by atoms with Crippen molar-refractivity contribution in [1.82, 2.24) is 29.1 Å². The summed E-state index contributed by atoms with van der Waals surface area (Å²) in [7, 11) is 3.90. The van der Waals surface area contributed by atoms with Crippen LogP contribution in [0.1, 0.15) is 6.92 Å². The molecule has 3 aromatic heterocycles. The number of amides is 2. The first kappa shape index (κ1) is 35.9. The number of carbonyl (C=O) groups is 1. The number of aryl methyl sites for hydroxylation is 2. The van der Waals surface area contributed by atoms with Crippen LogP contribution in [0.3, 0.4) is 0 Å². The van der Waals surface area contributed by atoms with Gasteiger partial charge in [0.15, 0.2) is 5.82 Å². The van der Waals surface area contributed by atoms with Gasteiger partial charge in [-0.15, -0.1) is 5.10 Å². The first-order valence-corrected chi connectivity index (χ1v) is 17.2. The molecule has 2 aliphatic heterocycles. The number of likely N-dealkylation sites (N-methyl/N-ethyl adjacent to an activating group) is 2. The van der Waals surface area contributed by atoms with Crippen molar-refractivity contribution >= 4 is 50.9 Å². The first-order valence-electron chi connectivity index (χ1n) is 17.2. The summed E-state index contributed by atoms with van der Waals surface area (Å²) in [5.41, 5.74) is -1.56. The molecular weight excluding hydrogens is 700 g/mol. The van der Waals surface area contributed by atoms with Gasteiger partial charge in [-0.2, -0.15) is 0 Å². The number of aromatic nitrogens is 4. The minimum atomic E-state index is -0.986. The van der Waals surface area contributed by atoms with Crippen LogP contribution < -0.4 is 31.3 Å². The summed E-state index contributed by atoms with van der Waals surface area (Å²) in [5.74, 6) is -2.89. The Balaban J connectivity index is 1.15. The van der Waals surface area contributed by atoms with E-state index in [1.54, 1.807) is 15.5 Å². The maximum atomic E-state index is 16.0. The molecule has 7 rings (SSSR count). The van der Waals surface area contributed by atoms with Crippen LogP contribution in [0.25, 0.3) is 33.3 Å². The zero-order chi connectivity index (χ0) is 37.6. The normalized spacial score (nSPS) is 15.8. The van der Waals surface area contributed by atoms with Crippen LogP contribution in [0.4, 0.5) is 45.4 Å². The van der Waals surface area contributed by atoms with E-state index in [4.69, 9.17) is 4.42 Å². The predicted octanol–water partition coefficient (Wildman–Crippen LogP) is 3.92. The third kappa shape index (κ3) is 6.79. The summed E-state index contributed by atoms with van der Waals surface area (Å²) in [6, 6.07) is 2.31. The summed E-state index contributed by atoms with van der Waals surface area (Å²) >= 11 is 0. The fourth-order valence-electron chi connectivity index (χ4n) is 6.89. The highest BCUT2D eigenvalue weighted by Gasteiger charge is 2.27. The van der Waals surface area contributed by atoms with Gasteiger partial charge < -0.3 is 38.5 Å². The van der Waals surface area contributed by atoms with Gasteiger partial charge in [-0.3, -0.25) is 14.9 Å². The molecule has 2 amide bonds. The Morgan fingerprint density at radius 2 is 1.47 bits per heavy atom. The number of carbonyl (C=O) groups excluding carboxylic acids is 1. The van der Waals surface area contributed by atoms with E-state index in [0.29, 0.717) is 57.0 Å². The van der Waals surface area contributed by atoms with Crippen molar-refractivity contribution in [2.24, 2.45) is 0 Å². The number of nitrogens with one attached hydrogen (secondary N) is 2. The highest BCUT2D eigenvalue weighted by Crippen LogP contribution is 2.32. The van der Waals surface area contributed by atoms with Crippen LogP contribution in [-0.2, 0) is 13.1 Å². The van der Waals surface area contributed by atoms with E-state index >= 15 is 13.2 Å². The summed E-state index contributed by atoms with van der Waals surface area (Å²) in [4.78, 5) is 47.7. The number of halogens is 4. The molecule has 2 aliphatic rings. The van der Waals surface area contributed by atoms with E-state index in [0.717, 1.165) is 29.9 Å². The van der Waals surface area contributed by atoms with Gasteiger partial charge in [0.25, 0.3) is 5.89 Å². The summed E-state index contributed by atoms with van der Waals surface area (Å²) in [6.45, 7) is 5.66. The monoisotopic (exact) mass is 738 g/mol. The topological polar surface area (TPSA) is 137 Å². The van der Waals surface area contributed by atoms with Gasteiger partial charge in [-0.25, -0.2) is 22.4 Å². The number of anilines is 4. The summed E-state index contributed by atoms with van der Waals surface area (Å²) < 4.78 is 68.9. The number of benzene rings is 2. The number of fused-ring (bicyclic) bond motifs is 2. The van der Waals surface area contributed by atoms with E-state index in [-0.39, 0.29) is 39.8 Å². The molecule has 5 aromatic rings. The molecule has 280 valence electrons. The maximum absolute atomic E-state index is 16.0. The molecule has 18 heteroatoms. The molecule has 0 saturated carbocycles. The first-order chi connectivity index (χ1) is 25.5. The van der Waals surface area contributed by atoms with Gasteiger partial charge in [0, 0.05) is 71.3 Å². The Labute approximate surface area is 300 Å². The van der Waals surface area contributed by atoms with Crippen molar-refractivity contribution in [3.63, 3.8) is 0 Å². The van der Waals surface area contributed by atoms with Crippen molar-refractivity contribution in [2.75, 3.05) is 93.6 Å². The quantitative estimate of drug-likeness (QED) is 0.226. The average Bonchev–Trinajstić information content (AvgIpc) is 3.59. The van der Waals surface area contributed by atoms with Crippen LogP contribution >= 0.6 is 0 Å². The second-order valence-corrected chi connectivity index (χ2v) is 13.2. The number of hydrogen-bond donors (Lipinski definition) is 2. The molecule has 5 heterocycles. The highest BCUT2D eigenvalue weighted by molar-refractivity contribution is 5.99. The maximum Gasteiger partial charge on any atom is 0.327 e. The van der Waals surface area contributed by atoms with Crippen LogP contribution in [-0.4, -0.2) is 108 Å². The van der Waals surface area contributed by atoms with Crippen LogP contribution in [0.5, 0.6) is 0 Å². The zero-order valence-electron chi connectivity index (χ0n) is 29.4. The van der Waals surface area contributed by atoms with Crippen molar-refractivity contribution in [1.29, 1.82) is 0 Å². The van der Waals surface area contributed by atoms with Gasteiger partial charge in [0.1, 0.15) is 35.2 Å². The molecule has 53 heavy (non-hydrogen) atoms. The largest absolute Gasteiger partial charge is 0.403 e. The van der Waals surface area contributed by atoms with Gasteiger partial charge in [0.05, 0.1) is 34.0 Å². The number of nitrogens with zero attached hydrogens (tertiary/aromatic N) is 8. The fourth-order valence-corrected chi connectivity index (χ4v) is 6.89. The second kappa shape index (κ2) is 14.5. The lowest BCUT2D eigenvalue weighted by Gasteiger charge is -2.34. The third-order valence-electron chi connectivity index (χ3n) is 9.83. The second-order valence-electron chi connectivity index (χ2n) is 13.2. The Bertz CT molecular complexity index is 2330. The summed E-state index contributed by atoms with van der Waals surface area (Å²) in [5, 5.41) is 12.0. The fraction of sp³-hybridized carbons (Fsp3) is 0.400. The number of urea groups is 1. The molecule has 2 aromatic carbocycles. The molecule has 0 bridgehead atoms. The smallest absolute Gasteiger partial charge is 0.327 e. The minimum absolute atomic E-state index is 0.0736. The number of hydrogen-bond acceptors (Lipinski definition) is 10. The zero-order valence-corrected chi connectivity index (χ0v) is 29.4. The molecule has 0 atom stereocenters. The molecule has 2 saturated heterocycles. The molecule has 14 nitrogen and oxygen atoms in total. The predicted molar refractivity (Wildman–Crippen MR) is 193 cm³/mol. The Kier molecular flexibility index (Phi) is 9.82. The molecule has 2 N–H and O–H groups in total. The lowest BCUT2D eigenvalue weighted by molar-refractivity contribution is 0.261. The Hall–Kier alpha value is -5.49. The van der Waals surface area contributed by atoms with E-state index < -0.39 is 52.9 Å². The summed E-state index contributed by atoms with van der Waals surface area (Å²) in [6.07, 6.45) is 2.60. The molecular formula is C35H38F4N10O4. The van der Waals surface area contributed by atoms with Gasteiger partial charge in [-0.1, -0.05) is 5.10 Å². The van der Waals surface area contributed by atoms with Gasteiger partial charge in [-0.05, 0) is 39.2 Å². The van der Waals surface area contributed by atoms with Gasteiger partial charge >= 0.3 is 12.0 Å². The highest BCUT2D eigenvalue weighted by atomic mass is 19.1. The van der Waals surface area contributed by atoms with Crippen molar-refractivity contribution in [3.05, 3.63) is 68.5 Å². The Morgan fingerprint density at radius 3 is 2.13 bits per heavy atom. The lowest BCUT2D eigenvalue weighted by atomic mass is 10.1. The van der Waals surface area contributed by atoms with E-state index in [2.05, 4.69) is 25.7 Å². The molecule has 0 aliphatic carbocycles. The standard InChI is InChI=1S/C35H38F4N10O4/c1-4-46-19-25(32(51)20-15-23(37)27(17-26(20)46)47-11-7-44(2)8-12-47)40-34(52)41-35-43-42-33(53-35)22-18-49(6-5-36)29-21(31(22)50)16-24(38)30(28(29)39)48-13-9-45(3)10-14-48/h15-19H,4-14H2,1-3H3,(H2,40,41,43,52). The van der Waals surface area contributed by atoms with Crippen molar-refractivity contribution < 1.29 is 26.8 Å². The SMILES string of the molecule is CCn1cc(NC(=O)Nc2nnc(-c3cn(CCF)c4c(F)c(N5CCN(C)CC5)c(F)cc4c3=O)o2)c(=O)c2cc(F)c(N3CCN(C)CC3)cc21. The van der Waals surface area contributed by atoms with Gasteiger partial charge in [0.2, 0.25) is 10.9 Å². The van der Waals surface area contributed by atoms with E-state index in [9.17, 15) is 18.8 Å². The number of piperazine rings is 2.